The summed E-state index contributed by atoms with van der Waals surface area (Å²) in [6, 6.07) is 19.4. The lowest BCUT2D eigenvalue weighted by atomic mass is 10.2. The molecule has 2 amide bonds. The van der Waals surface area contributed by atoms with Gasteiger partial charge in [-0.05, 0) is 31.2 Å². The Morgan fingerprint density at radius 3 is 2.32 bits per heavy atom. The molecule has 0 saturated carbocycles. The maximum Gasteiger partial charge on any atom is 0.321 e. The van der Waals surface area contributed by atoms with Gasteiger partial charge >= 0.3 is 6.03 Å². The Morgan fingerprint density at radius 2 is 1.64 bits per heavy atom. The molecular weight excluding hydrogens is 352 g/mol. The van der Waals surface area contributed by atoms with Gasteiger partial charge in [-0.25, -0.2) is 9.78 Å². The molecule has 28 heavy (non-hydrogen) atoms. The molecular formula is C22H24N4O2. The lowest BCUT2D eigenvalue weighted by Crippen LogP contribution is -2.49. The topological polar surface area (TPSA) is 61.6 Å². The molecule has 0 bridgehead atoms. The zero-order valence-electron chi connectivity index (χ0n) is 16.0. The smallest absolute Gasteiger partial charge is 0.321 e. The number of carbonyl (C=O) groups is 1. The Morgan fingerprint density at radius 1 is 1.00 bits per heavy atom. The maximum absolute atomic E-state index is 12.4. The van der Waals surface area contributed by atoms with E-state index >= 15 is 0 Å². The second-order valence-corrected chi connectivity index (χ2v) is 6.95. The van der Waals surface area contributed by atoms with Crippen molar-refractivity contribution in [2.75, 3.05) is 31.5 Å². The molecule has 6 nitrogen and oxygen atoms in total. The van der Waals surface area contributed by atoms with Gasteiger partial charge in [-0.3, -0.25) is 4.90 Å². The van der Waals surface area contributed by atoms with E-state index in [1.807, 2.05) is 72.5 Å². The van der Waals surface area contributed by atoms with Crippen molar-refractivity contribution in [3.05, 3.63) is 72.1 Å². The lowest BCUT2D eigenvalue weighted by Gasteiger charge is -2.34. The summed E-state index contributed by atoms with van der Waals surface area (Å²) in [6.45, 7) is 5.71. The molecule has 0 aliphatic carbocycles. The average molecular weight is 376 g/mol. The number of rotatable bonds is 4. The van der Waals surface area contributed by atoms with E-state index in [0.29, 0.717) is 19.0 Å². The van der Waals surface area contributed by atoms with Crippen molar-refractivity contribution >= 4 is 11.7 Å². The average Bonchev–Trinajstić information content (AvgIpc) is 3.10. The van der Waals surface area contributed by atoms with Gasteiger partial charge in [0.15, 0.2) is 0 Å². The first-order chi connectivity index (χ1) is 13.7. The maximum atomic E-state index is 12.4. The lowest BCUT2D eigenvalue weighted by molar-refractivity contribution is 0.141. The third kappa shape index (κ3) is 4.23. The van der Waals surface area contributed by atoms with Gasteiger partial charge < -0.3 is 14.6 Å². The fraction of sp³-hybridized carbons (Fsp3) is 0.273. The number of aromatic nitrogens is 1. The zero-order chi connectivity index (χ0) is 19.3. The molecule has 3 aromatic rings. The summed E-state index contributed by atoms with van der Waals surface area (Å²) >= 11 is 0. The highest BCUT2D eigenvalue weighted by Gasteiger charge is 2.23. The predicted molar refractivity (Wildman–Crippen MR) is 109 cm³/mol. The fourth-order valence-electron chi connectivity index (χ4n) is 3.32. The first-order valence-electron chi connectivity index (χ1n) is 9.54. The Hall–Kier alpha value is -3.12. The number of urea groups is 1. The molecule has 1 aromatic heterocycles. The van der Waals surface area contributed by atoms with Crippen LogP contribution in [0.15, 0.2) is 65.1 Å². The molecule has 0 atom stereocenters. The molecule has 1 fully saturated rings. The SMILES string of the molecule is Cc1oc(-c2ccccc2)nc1CN1CCN(C(=O)Nc2ccccc2)CC1. The molecule has 6 heteroatoms. The number of amides is 2. The second-order valence-electron chi connectivity index (χ2n) is 6.95. The monoisotopic (exact) mass is 376 g/mol. The van der Waals surface area contributed by atoms with Crippen LogP contribution in [0.5, 0.6) is 0 Å². The van der Waals surface area contributed by atoms with Gasteiger partial charge in [-0.15, -0.1) is 0 Å². The summed E-state index contributed by atoms with van der Waals surface area (Å²) in [7, 11) is 0. The molecule has 2 heterocycles. The Kier molecular flexibility index (Phi) is 5.39. The van der Waals surface area contributed by atoms with Crippen LogP contribution in [0, 0.1) is 6.92 Å². The summed E-state index contributed by atoms with van der Waals surface area (Å²) in [6.07, 6.45) is 0. The number of hydrogen-bond donors (Lipinski definition) is 1. The first-order valence-corrected chi connectivity index (χ1v) is 9.54. The van der Waals surface area contributed by atoms with Crippen molar-refractivity contribution in [3.8, 4) is 11.5 Å². The largest absolute Gasteiger partial charge is 0.441 e. The van der Waals surface area contributed by atoms with E-state index in [1.165, 1.54) is 0 Å². The van der Waals surface area contributed by atoms with E-state index in [4.69, 9.17) is 4.42 Å². The number of para-hydroxylation sites is 1. The van der Waals surface area contributed by atoms with Crippen LogP contribution in [0.2, 0.25) is 0 Å². The summed E-state index contributed by atoms with van der Waals surface area (Å²) in [5.74, 6) is 1.51. The summed E-state index contributed by atoms with van der Waals surface area (Å²) < 4.78 is 5.86. The van der Waals surface area contributed by atoms with Crippen LogP contribution in [0.4, 0.5) is 10.5 Å². The van der Waals surface area contributed by atoms with E-state index in [9.17, 15) is 4.79 Å². The summed E-state index contributed by atoms with van der Waals surface area (Å²) in [5.41, 5.74) is 2.77. The van der Waals surface area contributed by atoms with Crippen molar-refractivity contribution in [1.82, 2.24) is 14.8 Å². The third-order valence-corrected chi connectivity index (χ3v) is 4.97. The number of piperazine rings is 1. The molecule has 4 rings (SSSR count). The van der Waals surface area contributed by atoms with Gasteiger partial charge in [-0.2, -0.15) is 0 Å². The third-order valence-electron chi connectivity index (χ3n) is 4.97. The van der Waals surface area contributed by atoms with E-state index in [-0.39, 0.29) is 6.03 Å². The van der Waals surface area contributed by atoms with Crippen LogP contribution in [0.3, 0.4) is 0 Å². The number of oxazole rings is 1. The van der Waals surface area contributed by atoms with E-state index < -0.39 is 0 Å². The van der Waals surface area contributed by atoms with Crippen LogP contribution >= 0.6 is 0 Å². The van der Waals surface area contributed by atoms with Crippen LogP contribution in [0.25, 0.3) is 11.5 Å². The van der Waals surface area contributed by atoms with Gasteiger partial charge in [0.2, 0.25) is 5.89 Å². The Balaban J connectivity index is 1.32. The molecule has 1 saturated heterocycles. The number of aryl methyl sites for hydroxylation is 1. The highest BCUT2D eigenvalue weighted by atomic mass is 16.4. The zero-order valence-corrected chi connectivity index (χ0v) is 16.0. The first kappa shape index (κ1) is 18.3. The number of nitrogens with zero attached hydrogens (tertiary/aromatic N) is 3. The van der Waals surface area contributed by atoms with Crippen LogP contribution < -0.4 is 5.32 Å². The van der Waals surface area contributed by atoms with Crippen LogP contribution in [-0.4, -0.2) is 47.0 Å². The van der Waals surface area contributed by atoms with Crippen LogP contribution in [0.1, 0.15) is 11.5 Å². The van der Waals surface area contributed by atoms with E-state index in [0.717, 1.165) is 42.3 Å². The van der Waals surface area contributed by atoms with Gasteiger partial charge in [0.1, 0.15) is 5.76 Å². The van der Waals surface area contributed by atoms with Crippen molar-refractivity contribution in [2.24, 2.45) is 0 Å². The van der Waals surface area contributed by atoms with E-state index in [2.05, 4.69) is 15.2 Å². The summed E-state index contributed by atoms with van der Waals surface area (Å²) in [4.78, 5) is 21.3. The number of carbonyl (C=O) groups excluding carboxylic acids is 1. The summed E-state index contributed by atoms with van der Waals surface area (Å²) in [5, 5.41) is 2.95. The molecule has 2 aromatic carbocycles. The van der Waals surface area contributed by atoms with Gasteiger partial charge in [0.05, 0.1) is 5.69 Å². The van der Waals surface area contributed by atoms with Crippen molar-refractivity contribution < 1.29 is 9.21 Å². The fourth-order valence-corrected chi connectivity index (χ4v) is 3.32. The number of hydrogen-bond acceptors (Lipinski definition) is 4. The molecule has 1 aliphatic rings. The number of anilines is 1. The standard InChI is InChI=1S/C22H24N4O2/c1-17-20(24-21(28-17)18-8-4-2-5-9-18)16-25-12-14-26(15-13-25)22(27)23-19-10-6-3-7-11-19/h2-11H,12-16H2,1H3,(H,23,27). The number of benzene rings is 2. The normalized spacial score (nSPS) is 14.8. The molecule has 0 radical (unpaired) electrons. The molecule has 1 N–H and O–H groups in total. The minimum Gasteiger partial charge on any atom is -0.441 e. The van der Waals surface area contributed by atoms with Crippen molar-refractivity contribution in [3.63, 3.8) is 0 Å². The second kappa shape index (κ2) is 8.27. The molecule has 144 valence electrons. The quantitative estimate of drug-likeness (QED) is 0.748. The molecule has 0 spiro atoms. The minimum absolute atomic E-state index is 0.0465. The highest BCUT2D eigenvalue weighted by Crippen LogP contribution is 2.22. The van der Waals surface area contributed by atoms with Crippen molar-refractivity contribution in [1.29, 1.82) is 0 Å². The Bertz CT molecular complexity index is 916. The number of nitrogens with one attached hydrogen (secondary N) is 1. The van der Waals surface area contributed by atoms with Gasteiger partial charge in [0.25, 0.3) is 0 Å². The van der Waals surface area contributed by atoms with Gasteiger partial charge in [0, 0.05) is 44.0 Å². The van der Waals surface area contributed by atoms with E-state index in [1.54, 1.807) is 0 Å². The molecule has 0 unspecified atom stereocenters. The molecule has 1 aliphatic heterocycles. The highest BCUT2D eigenvalue weighted by molar-refractivity contribution is 5.89. The minimum atomic E-state index is -0.0465. The van der Waals surface area contributed by atoms with Crippen LogP contribution in [-0.2, 0) is 6.54 Å². The predicted octanol–water partition coefficient (Wildman–Crippen LogP) is 4.00. The Labute approximate surface area is 164 Å². The van der Waals surface area contributed by atoms with Crippen molar-refractivity contribution in [2.45, 2.75) is 13.5 Å². The van der Waals surface area contributed by atoms with Gasteiger partial charge in [-0.1, -0.05) is 36.4 Å².